The van der Waals surface area contributed by atoms with Gasteiger partial charge in [-0.3, -0.25) is 4.79 Å². The minimum absolute atomic E-state index is 0.000602. The lowest BCUT2D eigenvalue weighted by molar-refractivity contribution is -0.119. The molecular formula is C13H19BrN2O. The monoisotopic (exact) mass is 298 g/mol. The molecule has 1 atom stereocenters. The highest BCUT2D eigenvalue weighted by atomic mass is 79.9. The Morgan fingerprint density at radius 3 is 2.82 bits per heavy atom. The number of anilines is 1. The van der Waals surface area contributed by atoms with Gasteiger partial charge in [0.25, 0.3) is 0 Å². The molecule has 0 aliphatic heterocycles. The van der Waals surface area contributed by atoms with Gasteiger partial charge in [0.1, 0.15) is 0 Å². The number of halogens is 1. The molecule has 4 heteroatoms. The van der Waals surface area contributed by atoms with E-state index in [4.69, 9.17) is 5.73 Å². The average Bonchev–Trinajstić information content (AvgIpc) is 2.31. The van der Waals surface area contributed by atoms with Crippen molar-refractivity contribution in [3.8, 4) is 0 Å². The molecule has 0 aromatic heterocycles. The first-order valence-corrected chi connectivity index (χ1v) is 6.65. The molecule has 1 aromatic carbocycles. The zero-order chi connectivity index (χ0) is 12.8. The summed E-state index contributed by atoms with van der Waals surface area (Å²) in [6.45, 7) is 4.44. The van der Waals surface area contributed by atoms with Crippen LogP contribution in [-0.4, -0.2) is 12.5 Å². The predicted octanol–water partition coefficient (Wildman–Crippen LogP) is 3.07. The van der Waals surface area contributed by atoms with E-state index in [2.05, 4.69) is 28.2 Å². The summed E-state index contributed by atoms with van der Waals surface area (Å²) in [6.07, 6.45) is 1.79. The summed E-state index contributed by atoms with van der Waals surface area (Å²) in [4.78, 5) is 12.0. The molecule has 3 N–H and O–H groups in total. The molecule has 0 radical (unpaired) electrons. The molecule has 0 saturated carbocycles. The number of rotatable bonds is 5. The highest BCUT2D eigenvalue weighted by Crippen LogP contribution is 2.26. The molecule has 0 saturated heterocycles. The first-order valence-electron chi connectivity index (χ1n) is 5.86. The number of nitrogens with one attached hydrogen (secondary N) is 1. The highest BCUT2D eigenvalue weighted by molar-refractivity contribution is 9.10. The third kappa shape index (κ3) is 3.82. The number of aryl methyl sites for hydroxylation is 1. The van der Waals surface area contributed by atoms with Gasteiger partial charge in [-0.15, -0.1) is 0 Å². The van der Waals surface area contributed by atoms with Gasteiger partial charge in [-0.1, -0.05) is 25.5 Å². The molecule has 0 heterocycles. The van der Waals surface area contributed by atoms with Gasteiger partial charge in [0.2, 0.25) is 5.91 Å². The summed E-state index contributed by atoms with van der Waals surface area (Å²) in [5.74, 6) is -0.104. The molecule has 0 bridgehead atoms. The average molecular weight is 299 g/mol. The third-order valence-corrected chi connectivity index (χ3v) is 3.79. The maximum absolute atomic E-state index is 12.0. The summed E-state index contributed by atoms with van der Waals surface area (Å²) in [6, 6.07) is 5.80. The van der Waals surface area contributed by atoms with E-state index in [-0.39, 0.29) is 11.8 Å². The number of nitrogens with two attached hydrogens (primary N) is 1. The summed E-state index contributed by atoms with van der Waals surface area (Å²) in [5, 5.41) is 2.92. The van der Waals surface area contributed by atoms with Crippen LogP contribution >= 0.6 is 15.9 Å². The Bertz CT molecular complexity index is 393. The van der Waals surface area contributed by atoms with Gasteiger partial charge in [-0.05, 0) is 40.9 Å². The Balaban J connectivity index is 2.76. The molecule has 1 amide bonds. The summed E-state index contributed by atoms with van der Waals surface area (Å²) >= 11 is 3.47. The minimum atomic E-state index is -0.104. The minimum Gasteiger partial charge on any atom is -0.330 e. The fourth-order valence-electron chi connectivity index (χ4n) is 1.68. The van der Waals surface area contributed by atoms with Gasteiger partial charge in [-0.2, -0.15) is 0 Å². The molecular weight excluding hydrogens is 280 g/mol. The van der Waals surface area contributed by atoms with Crippen LogP contribution in [0.25, 0.3) is 0 Å². The van der Waals surface area contributed by atoms with E-state index < -0.39 is 0 Å². The van der Waals surface area contributed by atoms with Crippen LogP contribution in [0.1, 0.15) is 25.3 Å². The second kappa shape index (κ2) is 6.77. The van der Waals surface area contributed by atoms with Crippen molar-refractivity contribution >= 4 is 27.5 Å². The number of benzene rings is 1. The molecule has 0 spiro atoms. The standard InChI is InChI=1S/C13H19BrN2O/c1-3-5-10(8-15)13(17)16-11-7-4-6-9(2)12(11)14/h4,6-7,10H,3,5,8,15H2,1-2H3,(H,16,17). The lowest BCUT2D eigenvalue weighted by Gasteiger charge is -2.15. The molecule has 0 aliphatic rings. The van der Waals surface area contributed by atoms with Crippen molar-refractivity contribution in [3.05, 3.63) is 28.2 Å². The fourth-order valence-corrected chi connectivity index (χ4v) is 2.05. The van der Waals surface area contributed by atoms with Crippen LogP contribution in [0.4, 0.5) is 5.69 Å². The normalized spacial score (nSPS) is 12.2. The molecule has 1 unspecified atom stereocenters. The lowest BCUT2D eigenvalue weighted by atomic mass is 10.0. The van der Waals surface area contributed by atoms with Gasteiger partial charge in [0.05, 0.1) is 11.6 Å². The molecule has 3 nitrogen and oxygen atoms in total. The van der Waals surface area contributed by atoms with Crippen molar-refractivity contribution in [2.24, 2.45) is 11.7 Å². The van der Waals surface area contributed by atoms with Gasteiger partial charge in [-0.25, -0.2) is 0 Å². The van der Waals surface area contributed by atoms with Crippen molar-refractivity contribution in [1.29, 1.82) is 0 Å². The second-order valence-electron chi connectivity index (χ2n) is 4.15. The van der Waals surface area contributed by atoms with Crippen LogP contribution in [0, 0.1) is 12.8 Å². The first-order chi connectivity index (χ1) is 8.10. The molecule has 0 fully saturated rings. The lowest BCUT2D eigenvalue weighted by Crippen LogP contribution is -2.29. The zero-order valence-corrected chi connectivity index (χ0v) is 11.9. The maximum atomic E-state index is 12.0. The second-order valence-corrected chi connectivity index (χ2v) is 4.94. The smallest absolute Gasteiger partial charge is 0.228 e. The number of hydrogen-bond acceptors (Lipinski definition) is 2. The van der Waals surface area contributed by atoms with E-state index in [1.165, 1.54) is 0 Å². The van der Waals surface area contributed by atoms with E-state index in [0.29, 0.717) is 6.54 Å². The Hall–Kier alpha value is -0.870. The number of carbonyl (C=O) groups is 1. The first kappa shape index (κ1) is 14.2. The Kier molecular flexibility index (Phi) is 5.65. The van der Waals surface area contributed by atoms with Crippen molar-refractivity contribution in [2.45, 2.75) is 26.7 Å². The zero-order valence-electron chi connectivity index (χ0n) is 10.3. The highest BCUT2D eigenvalue weighted by Gasteiger charge is 2.16. The van der Waals surface area contributed by atoms with Crippen molar-refractivity contribution < 1.29 is 4.79 Å². The molecule has 0 aliphatic carbocycles. The topological polar surface area (TPSA) is 55.1 Å². The van der Waals surface area contributed by atoms with Crippen molar-refractivity contribution in [2.75, 3.05) is 11.9 Å². The largest absolute Gasteiger partial charge is 0.330 e. The molecule has 1 aromatic rings. The van der Waals surface area contributed by atoms with E-state index in [9.17, 15) is 4.79 Å². The summed E-state index contributed by atoms with van der Waals surface area (Å²) < 4.78 is 0.931. The quantitative estimate of drug-likeness (QED) is 0.878. The molecule has 1 rings (SSSR count). The van der Waals surface area contributed by atoms with Crippen LogP contribution in [0.3, 0.4) is 0 Å². The van der Waals surface area contributed by atoms with Crippen LogP contribution in [0.5, 0.6) is 0 Å². The number of hydrogen-bond donors (Lipinski definition) is 2. The van der Waals surface area contributed by atoms with E-state index in [1.807, 2.05) is 25.1 Å². The SMILES string of the molecule is CCCC(CN)C(=O)Nc1cccc(C)c1Br. The van der Waals surface area contributed by atoms with E-state index in [1.54, 1.807) is 0 Å². The van der Waals surface area contributed by atoms with E-state index in [0.717, 1.165) is 28.6 Å². The van der Waals surface area contributed by atoms with Crippen LogP contribution in [0.2, 0.25) is 0 Å². The van der Waals surface area contributed by atoms with Crippen molar-refractivity contribution in [3.63, 3.8) is 0 Å². The maximum Gasteiger partial charge on any atom is 0.228 e. The third-order valence-electron chi connectivity index (χ3n) is 2.74. The van der Waals surface area contributed by atoms with Gasteiger partial charge in [0.15, 0.2) is 0 Å². The summed E-state index contributed by atoms with van der Waals surface area (Å²) in [7, 11) is 0. The fraction of sp³-hybridized carbons (Fsp3) is 0.462. The molecule has 17 heavy (non-hydrogen) atoms. The van der Waals surface area contributed by atoms with Crippen LogP contribution in [0.15, 0.2) is 22.7 Å². The number of carbonyl (C=O) groups excluding carboxylic acids is 1. The Morgan fingerprint density at radius 1 is 1.53 bits per heavy atom. The van der Waals surface area contributed by atoms with Crippen LogP contribution in [-0.2, 0) is 4.79 Å². The van der Waals surface area contributed by atoms with Gasteiger partial charge >= 0.3 is 0 Å². The van der Waals surface area contributed by atoms with Crippen LogP contribution < -0.4 is 11.1 Å². The number of amides is 1. The van der Waals surface area contributed by atoms with Gasteiger partial charge < -0.3 is 11.1 Å². The predicted molar refractivity (Wildman–Crippen MR) is 75.0 cm³/mol. The Labute approximate surface area is 111 Å². The Morgan fingerprint density at radius 2 is 2.24 bits per heavy atom. The van der Waals surface area contributed by atoms with E-state index >= 15 is 0 Å². The molecule has 94 valence electrons. The van der Waals surface area contributed by atoms with Gasteiger partial charge in [0, 0.05) is 11.0 Å². The van der Waals surface area contributed by atoms with Crippen molar-refractivity contribution in [1.82, 2.24) is 0 Å². The summed E-state index contributed by atoms with van der Waals surface area (Å²) in [5.41, 5.74) is 7.52.